The first-order chi connectivity index (χ1) is 11.8. The van der Waals surface area contributed by atoms with Crippen molar-refractivity contribution >= 4 is 43.2 Å². The molecule has 1 aromatic rings. The van der Waals surface area contributed by atoms with Crippen molar-refractivity contribution in [1.29, 1.82) is 0 Å². The molecule has 0 fully saturated rings. The number of nitrogens with two attached hydrogens (primary N) is 1. The molecule has 0 saturated carbocycles. The molecule has 1 unspecified atom stereocenters. The normalized spacial score (nSPS) is 14.0. The Kier molecular flexibility index (Phi) is 8.59. The Morgan fingerprint density at radius 2 is 1.64 bits per heavy atom. The fourth-order valence-electron chi connectivity index (χ4n) is 2.72. The van der Waals surface area contributed by atoms with Gasteiger partial charge in [0.1, 0.15) is 5.04 Å². The van der Waals surface area contributed by atoms with E-state index >= 15 is 0 Å². The highest BCUT2D eigenvalue weighted by atomic mass is 32.1. The van der Waals surface area contributed by atoms with Gasteiger partial charge in [-0.05, 0) is 26.3 Å². The van der Waals surface area contributed by atoms with Gasteiger partial charge in [-0.25, -0.2) is 0 Å². The summed E-state index contributed by atoms with van der Waals surface area (Å²) in [5.74, 6) is 0. The van der Waals surface area contributed by atoms with Gasteiger partial charge in [0.15, 0.2) is 0 Å². The monoisotopic (exact) mass is 400 g/mol. The van der Waals surface area contributed by atoms with E-state index in [0.29, 0.717) is 11.6 Å². The van der Waals surface area contributed by atoms with Crippen molar-refractivity contribution in [2.45, 2.75) is 32.4 Å². The Balaban J connectivity index is 3.28. The molecule has 5 nitrogen and oxygen atoms in total. The number of hydrogen-bond donors (Lipinski definition) is 1. The van der Waals surface area contributed by atoms with Crippen molar-refractivity contribution in [3.05, 3.63) is 35.9 Å². The molecule has 8 heteroatoms. The van der Waals surface area contributed by atoms with Crippen LogP contribution >= 0.6 is 24.4 Å². The second-order valence-electron chi connectivity index (χ2n) is 5.71. The van der Waals surface area contributed by atoms with Gasteiger partial charge in [0.25, 0.3) is 0 Å². The summed E-state index contributed by atoms with van der Waals surface area (Å²) in [6.45, 7) is 7.73. The molecule has 2 N–H and O–H groups in total. The Morgan fingerprint density at radius 3 is 2.04 bits per heavy atom. The summed E-state index contributed by atoms with van der Waals surface area (Å²) >= 11 is 11.1. The van der Waals surface area contributed by atoms with Crippen LogP contribution in [0.15, 0.2) is 30.3 Å². The third kappa shape index (κ3) is 4.44. The van der Waals surface area contributed by atoms with Gasteiger partial charge >= 0.3 is 8.80 Å². The average molecular weight is 401 g/mol. The second-order valence-corrected chi connectivity index (χ2v) is 9.75. The third-order valence-electron chi connectivity index (χ3n) is 4.39. The minimum Gasteiger partial charge on any atom is -0.393 e. The van der Waals surface area contributed by atoms with E-state index in [9.17, 15) is 0 Å². The maximum atomic E-state index is 6.21. The molecule has 0 saturated heterocycles. The van der Waals surface area contributed by atoms with Crippen LogP contribution in [0.1, 0.15) is 26.3 Å². The van der Waals surface area contributed by atoms with Crippen LogP contribution in [-0.4, -0.2) is 51.0 Å². The Morgan fingerprint density at radius 1 is 1.12 bits per heavy atom. The molecule has 0 heterocycles. The largest absolute Gasteiger partial charge is 0.521 e. The van der Waals surface area contributed by atoms with Gasteiger partial charge in [0, 0.05) is 27.3 Å². The van der Waals surface area contributed by atoms with Crippen LogP contribution in [0.2, 0.25) is 5.04 Å². The number of hydrogen-bond acceptors (Lipinski definition) is 5. The molecule has 25 heavy (non-hydrogen) atoms. The van der Waals surface area contributed by atoms with E-state index in [1.54, 1.807) is 14.2 Å². The molecule has 0 bridgehead atoms. The fraction of sp³-hybridized carbons (Fsp3) is 0.529. The number of rotatable bonds is 10. The molecule has 140 valence electrons. The highest BCUT2D eigenvalue weighted by Gasteiger charge is 2.63. The maximum absolute atomic E-state index is 6.21. The van der Waals surface area contributed by atoms with Crippen molar-refractivity contribution in [3.63, 3.8) is 0 Å². The maximum Gasteiger partial charge on any atom is 0.521 e. The van der Waals surface area contributed by atoms with Gasteiger partial charge in [0.05, 0.1) is 16.6 Å². The van der Waals surface area contributed by atoms with Crippen LogP contribution < -0.4 is 5.73 Å². The third-order valence-corrected chi connectivity index (χ3v) is 9.16. The smallest absolute Gasteiger partial charge is 0.393 e. The molecule has 0 aliphatic heterocycles. The molecule has 0 aliphatic rings. The molecular formula is C17H28N2O3S2Si. The standard InChI is InChI=1S/C17H28N2O3S2Si/c1-6-19(7-2)16(24)17(3,15(18)23)25(20-4,21-5)22-13-14-11-9-8-10-12-14/h8-12H,6-7,13H2,1-5H3,(H2,18,23). The lowest BCUT2D eigenvalue weighted by atomic mass is 10.1. The van der Waals surface area contributed by atoms with Crippen LogP contribution in [0.25, 0.3) is 0 Å². The van der Waals surface area contributed by atoms with Crippen molar-refractivity contribution in [1.82, 2.24) is 4.90 Å². The van der Waals surface area contributed by atoms with E-state index in [4.69, 9.17) is 43.4 Å². The zero-order valence-electron chi connectivity index (χ0n) is 15.6. The predicted octanol–water partition coefficient (Wildman–Crippen LogP) is 3.15. The first kappa shape index (κ1) is 22.1. The molecule has 1 atom stereocenters. The van der Waals surface area contributed by atoms with Crippen molar-refractivity contribution in [2.24, 2.45) is 5.73 Å². The zero-order chi connectivity index (χ0) is 19.1. The van der Waals surface area contributed by atoms with E-state index in [0.717, 1.165) is 18.7 Å². The second kappa shape index (κ2) is 9.70. The molecule has 1 aromatic carbocycles. The SMILES string of the molecule is CCN(CC)C(=S)C(C)(C(N)=S)[Si](OC)(OC)OCc1ccccc1. The van der Waals surface area contributed by atoms with Gasteiger partial charge in [0.2, 0.25) is 0 Å². The Bertz CT molecular complexity index is 581. The molecule has 0 aromatic heterocycles. The van der Waals surface area contributed by atoms with Gasteiger partial charge in [-0.1, -0.05) is 54.8 Å². The van der Waals surface area contributed by atoms with Crippen LogP contribution in [0.3, 0.4) is 0 Å². The van der Waals surface area contributed by atoms with E-state index in [-0.39, 0.29) is 4.99 Å². The topological polar surface area (TPSA) is 57.0 Å². The minimum absolute atomic E-state index is 0.216. The summed E-state index contributed by atoms with van der Waals surface area (Å²) < 4.78 is 17.8. The lowest BCUT2D eigenvalue weighted by molar-refractivity contribution is 0.0815. The van der Waals surface area contributed by atoms with E-state index < -0.39 is 13.8 Å². The summed E-state index contributed by atoms with van der Waals surface area (Å²) in [5, 5.41) is -0.984. The van der Waals surface area contributed by atoms with Crippen molar-refractivity contribution in [2.75, 3.05) is 27.3 Å². The average Bonchev–Trinajstić information content (AvgIpc) is 2.64. The number of benzene rings is 1. The summed E-state index contributed by atoms with van der Waals surface area (Å²) in [7, 11) is -0.235. The number of nitrogens with zero attached hydrogens (tertiary/aromatic N) is 1. The van der Waals surface area contributed by atoms with E-state index in [1.807, 2.05) is 56.0 Å². The van der Waals surface area contributed by atoms with Crippen molar-refractivity contribution in [3.8, 4) is 0 Å². The zero-order valence-corrected chi connectivity index (χ0v) is 18.2. The Labute approximate surface area is 162 Å². The summed E-state index contributed by atoms with van der Waals surface area (Å²) in [6, 6.07) is 9.82. The lowest BCUT2D eigenvalue weighted by Gasteiger charge is -2.44. The van der Waals surface area contributed by atoms with Gasteiger partial charge < -0.3 is 23.9 Å². The van der Waals surface area contributed by atoms with Crippen LogP contribution in [0.5, 0.6) is 0 Å². The van der Waals surface area contributed by atoms with Gasteiger partial charge in [-0.15, -0.1) is 0 Å². The molecule has 0 radical (unpaired) electrons. The first-order valence-electron chi connectivity index (χ1n) is 8.20. The molecular weight excluding hydrogens is 372 g/mol. The summed E-state index contributed by atoms with van der Waals surface area (Å²) in [6.07, 6.45) is 0. The van der Waals surface area contributed by atoms with E-state index in [1.165, 1.54) is 0 Å². The molecule has 0 spiro atoms. The summed E-state index contributed by atoms with van der Waals surface area (Å²) in [5.41, 5.74) is 7.14. The molecule has 1 rings (SSSR count). The van der Waals surface area contributed by atoms with E-state index in [2.05, 4.69) is 0 Å². The quantitative estimate of drug-likeness (QED) is 0.478. The van der Waals surface area contributed by atoms with Crippen LogP contribution in [0.4, 0.5) is 0 Å². The van der Waals surface area contributed by atoms with Gasteiger partial charge in [-0.2, -0.15) is 0 Å². The molecule has 0 amide bonds. The van der Waals surface area contributed by atoms with Crippen LogP contribution in [0, 0.1) is 0 Å². The fourth-order valence-corrected chi connectivity index (χ4v) is 6.59. The highest BCUT2D eigenvalue weighted by molar-refractivity contribution is 7.82. The first-order valence-corrected chi connectivity index (χ1v) is 10.7. The Hall–Kier alpha value is -0.903. The van der Waals surface area contributed by atoms with Gasteiger partial charge in [-0.3, -0.25) is 0 Å². The molecule has 0 aliphatic carbocycles. The van der Waals surface area contributed by atoms with Crippen molar-refractivity contribution < 1.29 is 13.3 Å². The minimum atomic E-state index is -3.35. The number of thiocarbonyl (C=S) groups is 2. The van der Waals surface area contributed by atoms with Crippen LogP contribution in [-0.2, 0) is 19.9 Å². The highest BCUT2D eigenvalue weighted by Crippen LogP contribution is 2.43. The predicted molar refractivity (Wildman–Crippen MR) is 112 cm³/mol. The lowest BCUT2D eigenvalue weighted by Crippen LogP contribution is -2.63. The summed E-state index contributed by atoms with van der Waals surface area (Å²) in [4.78, 5) is 2.83.